The van der Waals surface area contributed by atoms with E-state index >= 15 is 0 Å². The number of anilines is 1. The lowest BCUT2D eigenvalue weighted by atomic mass is 9.87. The summed E-state index contributed by atoms with van der Waals surface area (Å²) in [5.41, 5.74) is 4.67. The summed E-state index contributed by atoms with van der Waals surface area (Å²) >= 11 is 0. The van der Waals surface area contributed by atoms with Crippen molar-refractivity contribution in [1.29, 1.82) is 0 Å². The number of hydrogen-bond donors (Lipinski definition) is 1. The summed E-state index contributed by atoms with van der Waals surface area (Å²) in [6.07, 6.45) is 5.46. The number of nitrogens with zero attached hydrogens (tertiary/aromatic N) is 1. The molecule has 6 heteroatoms. The Morgan fingerprint density at radius 3 is 2.42 bits per heavy atom. The van der Waals surface area contributed by atoms with Crippen LogP contribution in [0.15, 0.2) is 36.0 Å². The Labute approximate surface area is 181 Å². The van der Waals surface area contributed by atoms with Gasteiger partial charge in [0.1, 0.15) is 0 Å². The van der Waals surface area contributed by atoms with Crippen molar-refractivity contribution in [3.63, 3.8) is 0 Å². The molecule has 2 aliphatic heterocycles. The number of methoxy groups -OCH3 is 3. The second kappa shape index (κ2) is 7.69. The molecule has 0 radical (unpaired) electrons. The summed E-state index contributed by atoms with van der Waals surface area (Å²) < 4.78 is 16.0. The number of benzene rings is 3. The standard InChI is InChI=1S/C25H26N2O4/c1-29-23-12-20-18-10-15(26-25(28)31-3)7-8-17(18)22-14-27-9-5-4-6-16(27)11-19(22)21(20)13-24(23)30-2/h7-8,10-13H,4-6,9,14H2,1-3H3,(H,26,28). The molecule has 6 nitrogen and oxygen atoms in total. The van der Waals surface area contributed by atoms with Gasteiger partial charge in [-0.1, -0.05) is 6.07 Å². The van der Waals surface area contributed by atoms with E-state index in [1.807, 2.05) is 18.2 Å². The third-order valence-electron chi connectivity index (χ3n) is 6.38. The highest BCUT2D eigenvalue weighted by atomic mass is 16.5. The van der Waals surface area contributed by atoms with E-state index in [0.717, 1.165) is 35.7 Å². The molecule has 0 aliphatic carbocycles. The van der Waals surface area contributed by atoms with Crippen molar-refractivity contribution < 1.29 is 19.0 Å². The molecule has 31 heavy (non-hydrogen) atoms. The molecule has 160 valence electrons. The molecule has 1 saturated heterocycles. The molecule has 3 aromatic rings. The second-order valence-corrected chi connectivity index (χ2v) is 8.04. The maximum Gasteiger partial charge on any atom is 0.411 e. The van der Waals surface area contributed by atoms with Crippen LogP contribution in [0.4, 0.5) is 10.5 Å². The molecule has 2 heterocycles. The number of rotatable bonds is 3. The summed E-state index contributed by atoms with van der Waals surface area (Å²) in [7, 11) is 4.68. The lowest BCUT2D eigenvalue weighted by Crippen LogP contribution is -2.30. The fourth-order valence-electron chi connectivity index (χ4n) is 4.86. The van der Waals surface area contributed by atoms with E-state index in [9.17, 15) is 4.79 Å². The molecule has 0 unspecified atom stereocenters. The lowest BCUT2D eigenvalue weighted by Gasteiger charge is -2.36. The predicted molar refractivity (Wildman–Crippen MR) is 123 cm³/mol. The van der Waals surface area contributed by atoms with Gasteiger partial charge in [0.15, 0.2) is 11.5 Å². The van der Waals surface area contributed by atoms with Gasteiger partial charge >= 0.3 is 6.09 Å². The first-order valence-electron chi connectivity index (χ1n) is 10.6. The molecule has 1 amide bonds. The van der Waals surface area contributed by atoms with Crippen molar-refractivity contribution in [1.82, 2.24) is 4.90 Å². The lowest BCUT2D eigenvalue weighted by molar-refractivity contribution is 0.187. The third kappa shape index (κ3) is 3.23. The van der Waals surface area contributed by atoms with Crippen molar-refractivity contribution >= 4 is 39.4 Å². The summed E-state index contributed by atoms with van der Waals surface area (Å²) in [5, 5.41) is 7.24. The normalized spacial score (nSPS) is 15.2. The van der Waals surface area contributed by atoms with E-state index in [4.69, 9.17) is 14.2 Å². The van der Waals surface area contributed by atoms with Crippen molar-refractivity contribution in [3.8, 4) is 11.5 Å². The average Bonchev–Trinajstić information content (AvgIpc) is 2.82. The van der Waals surface area contributed by atoms with Gasteiger partial charge in [0.2, 0.25) is 0 Å². The minimum Gasteiger partial charge on any atom is -0.493 e. The van der Waals surface area contributed by atoms with Gasteiger partial charge in [0.05, 0.1) is 21.3 Å². The summed E-state index contributed by atoms with van der Waals surface area (Å²) in [5.74, 6) is 1.40. The quantitative estimate of drug-likeness (QED) is 0.567. The van der Waals surface area contributed by atoms with Gasteiger partial charge in [0.25, 0.3) is 0 Å². The van der Waals surface area contributed by atoms with Gasteiger partial charge in [-0.25, -0.2) is 4.79 Å². The van der Waals surface area contributed by atoms with Crippen molar-refractivity contribution in [2.75, 3.05) is 33.2 Å². The Balaban J connectivity index is 1.83. The molecule has 0 spiro atoms. The maximum atomic E-state index is 11.8. The van der Waals surface area contributed by atoms with E-state index in [-0.39, 0.29) is 0 Å². The molecular formula is C25H26N2O4. The number of piperidine rings is 1. The number of allylic oxidation sites excluding steroid dienone is 1. The van der Waals surface area contributed by atoms with Gasteiger partial charge in [-0.05, 0) is 82.3 Å². The maximum absolute atomic E-state index is 11.8. The smallest absolute Gasteiger partial charge is 0.411 e. The molecule has 1 N–H and O–H groups in total. The molecule has 2 aliphatic rings. The van der Waals surface area contributed by atoms with Crippen LogP contribution in [0.5, 0.6) is 11.5 Å². The Morgan fingerprint density at radius 2 is 1.68 bits per heavy atom. The summed E-state index contributed by atoms with van der Waals surface area (Å²) in [6.45, 7) is 1.99. The molecule has 0 atom stereocenters. The second-order valence-electron chi connectivity index (χ2n) is 8.04. The fraction of sp³-hybridized carbons (Fsp3) is 0.320. The molecule has 0 bridgehead atoms. The van der Waals surface area contributed by atoms with Crippen LogP contribution in [0, 0.1) is 0 Å². The third-order valence-corrected chi connectivity index (χ3v) is 6.38. The van der Waals surface area contributed by atoms with Crippen LogP contribution < -0.4 is 14.8 Å². The first-order chi connectivity index (χ1) is 15.1. The highest BCUT2D eigenvalue weighted by molar-refractivity contribution is 6.15. The number of carbonyl (C=O) groups is 1. The number of carbonyl (C=O) groups excluding carboxylic acids is 1. The molecule has 3 aromatic carbocycles. The topological polar surface area (TPSA) is 60.0 Å². The van der Waals surface area contributed by atoms with Crippen LogP contribution in [0.1, 0.15) is 30.4 Å². The molecule has 0 saturated carbocycles. The first-order valence-corrected chi connectivity index (χ1v) is 10.6. The van der Waals surface area contributed by atoms with Crippen molar-refractivity contribution in [2.45, 2.75) is 25.8 Å². The van der Waals surface area contributed by atoms with Crippen LogP contribution >= 0.6 is 0 Å². The van der Waals surface area contributed by atoms with Gasteiger partial charge < -0.3 is 19.1 Å². The number of fused-ring (bicyclic) bond motifs is 7. The SMILES string of the molecule is COC(=O)Nc1ccc2c3c(c4cc(OC)c(OC)cc4c2c1)C=C1CCCCN1C3. The Bertz CT molecular complexity index is 1230. The first kappa shape index (κ1) is 19.5. The molecule has 5 rings (SSSR count). The van der Waals surface area contributed by atoms with Crippen LogP contribution in [0.25, 0.3) is 27.6 Å². The Morgan fingerprint density at radius 1 is 0.935 bits per heavy atom. The number of nitrogens with one attached hydrogen (secondary N) is 1. The number of amides is 1. The van der Waals surface area contributed by atoms with E-state index in [2.05, 4.69) is 28.4 Å². The van der Waals surface area contributed by atoms with Crippen LogP contribution in [-0.4, -0.2) is 38.9 Å². The van der Waals surface area contributed by atoms with Crippen molar-refractivity contribution in [3.05, 3.63) is 47.2 Å². The summed E-state index contributed by atoms with van der Waals surface area (Å²) in [4.78, 5) is 14.3. The minimum absolute atomic E-state index is 0.484. The molecule has 0 aromatic heterocycles. The van der Waals surface area contributed by atoms with Gasteiger partial charge in [-0.2, -0.15) is 0 Å². The van der Waals surface area contributed by atoms with Gasteiger partial charge in [-0.3, -0.25) is 5.32 Å². The molecule has 1 fully saturated rings. The predicted octanol–water partition coefficient (Wildman–Crippen LogP) is 5.53. The Hall–Kier alpha value is -3.41. The minimum atomic E-state index is -0.484. The monoisotopic (exact) mass is 418 g/mol. The zero-order chi connectivity index (χ0) is 21.5. The van der Waals surface area contributed by atoms with E-state index < -0.39 is 6.09 Å². The molecular weight excluding hydrogens is 392 g/mol. The highest BCUT2D eigenvalue weighted by Crippen LogP contribution is 2.44. The van der Waals surface area contributed by atoms with Gasteiger partial charge in [0, 0.05) is 24.5 Å². The Kier molecular flexibility index (Phi) is 4.85. The highest BCUT2D eigenvalue weighted by Gasteiger charge is 2.25. The van der Waals surface area contributed by atoms with Crippen LogP contribution in [0.2, 0.25) is 0 Å². The average molecular weight is 418 g/mol. The van der Waals surface area contributed by atoms with Crippen LogP contribution in [0.3, 0.4) is 0 Å². The zero-order valence-electron chi connectivity index (χ0n) is 18.1. The fourth-order valence-corrected chi connectivity index (χ4v) is 4.86. The zero-order valence-corrected chi connectivity index (χ0v) is 18.1. The number of hydrogen-bond acceptors (Lipinski definition) is 5. The van der Waals surface area contributed by atoms with Crippen molar-refractivity contribution in [2.24, 2.45) is 0 Å². The van der Waals surface area contributed by atoms with E-state index in [0.29, 0.717) is 17.2 Å². The van der Waals surface area contributed by atoms with E-state index in [1.54, 1.807) is 14.2 Å². The largest absolute Gasteiger partial charge is 0.493 e. The summed E-state index contributed by atoms with van der Waals surface area (Å²) in [6, 6.07) is 10.1. The number of ether oxygens (including phenoxy) is 3. The van der Waals surface area contributed by atoms with E-state index in [1.165, 1.54) is 42.2 Å². The van der Waals surface area contributed by atoms with Gasteiger partial charge in [-0.15, -0.1) is 0 Å². The van der Waals surface area contributed by atoms with Crippen LogP contribution in [-0.2, 0) is 11.3 Å².